The molecular formula is C15H20N2OS. The molecule has 2 atom stereocenters. The van der Waals surface area contributed by atoms with E-state index in [1.807, 2.05) is 12.1 Å². The Hall–Kier alpha value is -0.970. The first-order chi connectivity index (χ1) is 9.24. The second-order valence-corrected chi connectivity index (χ2v) is 5.88. The molecule has 0 spiro atoms. The molecule has 1 aliphatic carbocycles. The zero-order valence-corrected chi connectivity index (χ0v) is 11.9. The molecule has 1 saturated carbocycles. The Balaban J connectivity index is 1.73. The molecule has 19 heavy (non-hydrogen) atoms. The fourth-order valence-corrected chi connectivity index (χ4v) is 3.39. The van der Waals surface area contributed by atoms with Crippen LogP contribution >= 0.6 is 12.2 Å². The summed E-state index contributed by atoms with van der Waals surface area (Å²) in [5, 5.41) is 0. The van der Waals surface area contributed by atoms with E-state index in [-0.39, 0.29) is 0 Å². The minimum atomic E-state index is 0.451. The Bertz CT molecular complexity index is 477. The van der Waals surface area contributed by atoms with E-state index >= 15 is 0 Å². The van der Waals surface area contributed by atoms with Crippen LogP contribution in [-0.4, -0.2) is 35.2 Å². The predicted octanol–water partition coefficient (Wildman–Crippen LogP) is 2.07. The summed E-state index contributed by atoms with van der Waals surface area (Å²) in [6.45, 7) is 2.86. The number of benzene rings is 1. The first kappa shape index (κ1) is 13.0. The highest BCUT2D eigenvalue weighted by atomic mass is 32.1. The summed E-state index contributed by atoms with van der Waals surface area (Å²) in [5.74, 6) is 0. The molecule has 0 aromatic heterocycles. The van der Waals surface area contributed by atoms with Crippen molar-refractivity contribution < 1.29 is 4.74 Å². The Kier molecular flexibility index (Phi) is 3.82. The largest absolute Gasteiger partial charge is 0.389 e. The lowest BCUT2D eigenvalue weighted by atomic mass is 10.1. The fourth-order valence-electron chi connectivity index (χ4n) is 3.26. The van der Waals surface area contributed by atoms with Gasteiger partial charge in [-0.25, -0.2) is 0 Å². The van der Waals surface area contributed by atoms with Gasteiger partial charge in [-0.1, -0.05) is 30.4 Å². The van der Waals surface area contributed by atoms with Gasteiger partial charge in [0.15, 0.2) is 0 Å². The zero-order valence-electron chi connectivity index (χ0n) is 11.0. The molecule has 102 valence electrons. The minimum Gasteiger partial charge on any atom is -0.389 e. The van der Waals surface area contributed by atoms with Gasteiger partial charge in [-0.15, -0.1) is 0 Å². The van der Waals surface area contributed by atoms with Gasteiger partial charge in [0.2, 0.25) is 0 Å². The lowest BCUT2D eigenvalue weighted by Gasteiger charge is -2.37. The third kappa shape index (κ3) is 2.81. The average Bonchev–Trinajstić information content (AvgIpc) is 2.88. The van der Waals surface area contributed by atoms with Gasteiger partial charge < -0.3 is 10.5 Å². The number of ether oxygens (including phenoxy) is 1. The van der Waals surface area contributed by atoms with E-state index in [2.05, 4.69) is 17.0 Å². The summed E-state index contributed by atoms with van der Waals surface area (Å²) >= 11 is 5.04. The molecule has 1 saturated heterocycles. The minimum absolute atomic E-state index is 0.451. The molecule has 4 heteroatoms. The second-order valence-electron chi connectivity index (χ2n) is 5.44. The maximum atomic E-state index is 5.85. The molecule has 2 fully saturated rings. The first-order valence-corrected chi connectivity index (χ1v) is 7.39. The molecule has 1 aromatic carbocycles. The van der Waals surface area contributed by atoms with Gasteiger partial charge in [0.1, 0.15) is 4.99 Å². The molecular weight excluding hydrogens is 256 g/mol. The summed E-state index contributed by atoms with van der Waals surface area (Å²) in [7, 11) is 0. The van der Waals surface area contributed by atoms with E-state index in [1.165, 1.54) is 24.8 Å². The quantitative estimate of drug-likeness (QED) is 0.858. The van der Waals surface area contributed by atoms with E-state index in [1.54, 1.807) is 0 Å². The van der Waals surface area contributed by atoms with Crippen LogP contribution in [0, 0.1) is 0 Å². The van der Waals surface area contributed by atoms with Crippen molar-refractivity contribution in [3.05, 3.63) is 35.4 Å². The van der Waals surface area contributed by atoms with Gasteiger partial charge >= 0.3 is 0 Å². The molecule has 0 radical (unpaired) electrons. The van der Waals surface area contributed by atoms with Crippen LogP contribution < -0.4 is 5.73 Å². The van der Waals surface area contributed by atoms with Crippen LogP contribution in [0.5, 0.6) is 0 Å². The number of thiocarbonyl (C=S) groups is 1. The number of hydrogen-bond donors (Lipinski definition) is 1. The van der Waals surface area contributed by atoms with Crippen LogP contribution in [0.2, 0.25) is 0 Å². The summed E-state index contributed by atoms with van der Waals surface area (Å²) in [4.78, 5) is 3.03. The standard InChI is InChI=1S/C15H20N2OS/c16-15(19)12-4-1-3-11(9-12)10-17-7-8-18-14-6-2-5-13(14)17/h1,3-4,9,13-14H,2,5-8,10H2,(H2,16,19). The highest BCUT2D eigenvalue weighted by molar-refractivity contribution is 7.80. The Morgan fingerprint density at radius 3 is 3.16 bits per heavy atom. The van der Waals surface area contributed by atoms with Crippen LogP contribution in [0.4, 0.5) is 0 Å². The number of nitrogens with two attached hydrogens (primary N) is 1. The van der Waals surface area contributed by atoms with Crippen molar-refractivity contribution in [2.45, 2.75) is 38.0 Å². The lowest BCUT2D eigenvalue weighted by molar-refractivity contribution is -0.0588. The van der Waals surface area contributed by atoms with Crippen molar-refractivity contribution >= 4 is 17.2 Å². The van der Waals surface area contributed by atoms with Crippen molar-refractivity contribution in [2.75, 3.05) is 13.2 Å². The van der Waals surface area contributed by atoms with E-state index in [0.29, 0.717) is 17.1 Å². The molecule has 0 amide bonds. The topological polar surface area (TPSA) is 38.5 Å². The molecule has 2 unspecified atom stereocenters. The van der Waals surface area contributed by atoms with Crippen LogP contribution in [0.15, 0.2) is 24.3 Å². The molecule has 1 aliphatic heterocycles. The first-order valence-electron chi connectivity index (χ1n) is 6.98. The van der Waals surface area contributed by atoms with Gasteiger partial charge in [0.05, 0.1) is 12.7 Å². The number of nitrogens with zero attached hydrogens (tertiary/aromatic N) is 1. The predicted molar refractivity (Wildman–Crippen MR) is 80.1 cm³/mol. The maximum Gasteiger partial charge on any atom is 0.103 e. The van der Waals surface area contributed by atoms with E-state index in [9.17, 15) is 0 Å². The van der Waals surface area contributed by atoms with Crippen LogP contribution in [0.25, 0.3) is 0 Å². The van der Waals surface area contributed by atoms with Crippen molar-refractivity contribution in [3.8, 4) is 0 Å². The number of hydrogen-bond acceptors (Lipinski definition) is 3. The van der Waals surface area contributed by atoms with Gasteiger partial charge in [-0.3, -0.25) is 4.90 Å². The highest BCUT2D eigenvalue weighted by Gasteiger charge is 2.35. The molecule has 0 bridgehead atoms. The number of rotatable bonds is 3. The van der Waals surface area contributed by atoms with E-state index in [0.717, 1.165) is 25.3 Å². The molecule has 3 nitrogen and oxygen atoms in total. The van der Waals surface area contributed by atoms with Crippen molar-refractivity contribution in [3.63, 3.8) is 0 Å². The fraction of sp³-hybridized carbons (Fsp3) is 0.533. The lowest BCUT2D eigenvalue weighted by Crippen LogP contribution is -2.47. The zero-order chi connectivity index (χ0) is 13.2. The van der Waals surface area contributed by atoms with Crippen molar-refractivity contribution in [1.82, 2.24) is 4.90 Å². The SMILES string of the molecule is NC(=S)c1cccc(CN2CCOC3CCCC32)c1. The Labute approximate surface area is 119 Å². The summed E-state index contributed by atoms with van der Waals surface area (Å²) in [6.07, 6.45) is 4.22. The summed E-state index contributed by atoms with van der Waals surface area (Å²) < 4.78 is 5.85. The third-order valence-corrected chi connectivity index (χ3v) is 4.43. The van der Waals surface area contributed by atoms with Crippen molar-refractivity contribution in [1.29, 1.82) is 0 Å². The number of morpholine rings is 1. The second kappa shape index (κ2) is 5.57. The summed E-state index contributed by atoms with van der Waals surface area (Å²) in [5.41, 5.74) is 7.95. The monoisotopic (exact) mass is 276 g/mol. The van der Waals surface area contributed by atoms with Crippen LogP contribution in [0.1, 0.15) is 30.4 Å². The summed E-state index contributed by atoms with van der Waals surface area (Å²) in [6, 6.07) is 8.88. The van der Waals surface area contributed by atoms with Crippen LogP contribution in [-0.2, 0) is 11.3 Å². The molecule has 2 aliphatic rings. The van der Waals surface area contributed by atoms with Crippen LogP contribution in [0.3, 0.4) is 0 Å². The highest BCUT2D eigenvalue weighted by Crippen LogP contribution is 2.30. The van der Waals surface area contributed by atoms with Gasteiger partial charge in [0, 0.05) is 24.7 Å². The molecule has 2 N–H and O–H groups in total. The Morgan fingerprint density at radius 1 is 1.42 bits per heavy atom. The van der Waals surface area contributed by atoms with Gasteiger partial charge in [-0.05, 0) is 30.9 Å². The average molecular weight is 276 g/mol. The molecule has 1 aromatic rings. The Morgan fingerprint density at radius 2 is 2.32 bits per heavy atom. The van der Waals surface area contributed by atoms with E-state index < -0.39 is 0 Å². The van der Waals surface area contributed by atoms with Gasteiger partial charge in [-0.2, -0.15) is 0 Å². The smallest absolute Gasteiger partial charge is 0.103 e. The van der Waals surface area contributed by atoms with Crippen molar-refractivity contribution in [2.24, 2.45) is 5.73 Å². The normalized spacial score (nSPS) is 27.2. The maximum absolute atomic E-state index is 5.85. The molecule has 3 rings (SSSR count). The third-order valence-electron chi connectivity index (χ3n) is 4.19. The number of fused-ring (bicyclic) bond motifs is 1. The van der Waals surface area contributed by atoms with E-state index in [4.69, 9.17) is 22.7 Å². The van der Waals surface area contributed by atoms with Gasteiger partial charge in [0.25, 0.3) is 0 Å². The molecule has 1 heterocycles.